The lowest BCUT2D eigenvalue weighted by molar-refractivity contribution is 1.24. The van der Waals surface area contributed by atoms with Gasteiger partial charge in [-0.1, -0.05) is 23.2 Å². The van der Waals surface area contributed by atoms with Gasteiger partial charge in [-0.3, -0.25) is 4.98 Å². The molecule has 0 saturated heterocycles. The number of halogens is 2. The molecule has 0 saturated carbocycles. The largest absolute Gasteiger partial charge is 0.253 e. The number of rotatable bonds is 0. The maximum absolute atomic E-state index is 5.88. The van der Waals surface area contributed by atoms with Crippen LogP contribution in [0.1, 0.15) is 5.69 Å². The highest BCUT2D eigenvalue weighted by Crippen LogP contribution is 2.23. The second-order valence-electron chi connectivity index (χ2n) is 2.76. The van der Waals surface area contributed by atoms with Crippen LogP contribution in [-0.4, -0.2) is 9.97 Å². The van der Waals surface area contributed by atoms with E-state index in [0.29, 0.717) is 10.3 Å². The number of aromatic nitrogens is 2. The van der Waals surface area contributed by atoms with E-state index in [4.69, 9.17) is 23.2 Å². The molecule has 0 aliphatic heterocycles. The maximum Gasteiger partial charge on any atom is 0.140 e. The van der Waals surface area contributed by atoms with Crippen molar-refractivity contribution in [2.75, 3.05) is 0 Å². The molecule has 66 valence electrons. The standard InChI is InChI=1S/C9H6Cl2N2/c1-5-2-3-6-7(12-5)4-8(10)13-9(6)11/h2-4H,1H3. The zero-order valence-electron chi connectivity index (χ0n) is 6.88. The molecule has 2 heterocycles. The van der Waals surface area contributed by atoms with Gasteiger partial charge in [0.15, 0.2) is 0 Å². The molecule has 0 N–H and O–H groups in total. The third kappa shape index (κ3) is 1.60. The SMILES string of the molecule is Cc1ccc2c(Cl)nc(Cl)cc2n1. The Morgan fingerprint density at radius 2 is 1.92 bits per heavy atom. The van der Waals surface area contributed by atoms with Gasteiger partial charge >= 0.3 is 0 Å². The number of fused-ring (bicyclic) bond motifs is 1. The molecule has 4 heteroatoms. The Bertz CT molecular complexity index is 463. The highest BCUT2D eigenvalue weighted by atomic mass is 35.5. The summed E-state index contributed by atoms with van der Waals surface area (Å²) in [6.07, 6.45) is 0. The average Bonchev–Trinajstić information content (AvgIpc) is 2.02. The van der Waals surface area contributed by atoms with E-state index in [9.17, 15) is 0 Å². The Hall–Kier alpha value is -0.860. The first-order valence-electron chi connectivity index (χ1n) is 3.76. The average molecular weight is 213 g/mol. The summed E-state index contributed by atoms with van der Waals surface area (Å²) in [5.74, 6) is 0. The first-order chi connectivity index (χ1) is 6.16. The van der Waals surface area contributed by atoms with Crippen LogP contribution in [0.3, 0.4) is 0 Å². The van der Waals surface area contributed by atoms with Crippen LogP contribution in [0.15, 0.2) is 18.2 Å². The summed E-state index contributed by atoms with van der Waals surface area (Å²) in [4.78, 5) is 8.21. The Morgan fingerprint density at radius 1 is 1.15 bits per heavy atom. The minimum absolute atomic E-state index is 0.371. The van der Waals surface area contributed by atoms with Gasteiger partial charge in [-0.05, 0) is 19.1 Å². The van der Waals surface area contributed by atoms with Crippen LogP contribution in [0.5, 0.6) is 0 Å². The van der Waals surface area contributed by atoms with Gasteiger partial charge in [-0.15, -0.1) is 0 Å². The Morgan fingerprint density at radius 3 is 2.69 bits per heavy atom. The van der Waals surface area contributed by atoms with E-state index in [1.54, 1.807) is 6.07 Å². The highest BCUT2D eigenvalue weighted by Gasteiger charge is 2.03. The zero-order chi connectivity index (χ0) is 9.42. The van der Waals surface area contributed by atoms with Crippen molar-refractivity contribution in [3.8, 4) is 0 Å². The smallest absolute Gasteiger partial charge is 0.140 e. The lowest BCUT2D eigenvalue weighted by atomic mass is 10.2. The lowest BCUT2D eigenvalue weighted by Crippen LogP contribution is -1.86. The van der Waals surface area contributed by atoms with Crippen LogP contribution in [0.4, 0.5) is 0 Å². The minimum atomic E-state index is 0.371. The van der Waals surface area contributed by atoms with Gasteiger partial charge in [0.25, 0.3) is 0 Å². The summed E-state index contributed by atoms with van der Waals surface area (Å²) in [5, 5.41) is 1.60. The molecule has 0 spiro atoms. The molecule has 0 radical (unpaired) electrons. The summed E-state index contributed by atoms with van der Waals surface area (Å²) in [6, 6.07) is 5.49. The number of nitrogens with zero attached hydrogens (tertiary/aromatic N) is 2. The maximum atomic E-state index is 5.88. The van der Waals surface area contributed by atoms with E-state index in [-0.39, 0.29) is 0 Å². The fourth-order valence-corrected chi connectivity index (χ4v) is 1.64. The van der Waals surface area contributed by atoms with Crippen LogP contribution < -0.4 is 0 Å². The molecular weight excluding hydrogens is 207 g/mol. The first kappa shape index (κ1) is 8.73. The molecule has 0 bridgehead atoms. The van der Waals surface area contributed by atoms with Gasteiger partial charge in [0.05, 0.1) is 5.52 Å². The van der Waals surface area contributed by atoms with Gasteiger partial charge in [-0.2, -0.15) is 0 Å². The van der Waals surface area contributed by atoms with Crippen LogP contribution in [0.2, 0.25) is 10.3 Å². The van der Waals surface area contributed by atoms with Crippen LogP contribution in [-0.2, 0) is 0 Å². The van der Waals surface area contributed by atoms with Gasteiger partial charge in [0.1, 0.15) is 10.3 Å². The fourth-order valence-electron chi connectivity index (χ4n) is 1.16. The summed E-state index contributed by atoms with van der Waals surface area (Å²) < 4.78 is 0. The van der Waals surface area contributed by atoms with E-state index >= 15 is 0 Å². The summed E-state index contributed by atoms with van der Waals surface area (Å²) in [6.45, 7) is 1.92. The van der Waals surface area contributed by atoms with Crippen molar-refractivity contribution in [2.45, 2.75) is 6.92 Å². The molecule has 2 aromatic heterocycles. The topological polar surface area (TPSA) is 25.8 Å². The minimum Gasteiger partial charge on any atom is -0.253 e. The normalized spacial score (nSPS) is 10.7. The van der Waals surface area contributed by atoms with E-state index in [0.717, 1.165) is 16.6 Å². The predicted molar refractivity (Wildman–Crippen MR) is 54.3 cm³/mol. The van der Waals surface area contributed by atoms with E-state index in [2.05, 4.69) is 9.97 Å². The number of hydrogen-bond donors (Lipinski definition) is 0. The number of pyridine rings is 2. The Kier molecular flexibility index (Phi) is 2.10. The van der Waals surface area contributed by atoms with E-state index < -0.39 is 0 Å². The van der Waals surface area contributed by atoms with Crippen molar-refractivity contribution >= 4 is 34.1 Å². The van der Waals surface area contributed by atoms with Crippen molar-refractivity contribution in [3.05, 3.63) is 34.2 Å². The summed E-state index contributed by atoms with van der Waals surface area (Å²) in [7, 11) is 0. The molecule has 2 aromatic rings. The van der Waals surface area contributed by atoms with Crippen molar-refractivity contribution in [1.82, 2.24) is 9.97 Å². The molecule has 0 unspecified atom stereocenters. The monoisotopic (exact) mass is 212 g/mol. The number of aryl methyl sites for hydroxylation is 1. The molecule has 2 nitrogen and oxygen atoms in total. The van der Waals surface area contributed by atoms with E-state index in [1.165, 1.54) is 0 Å². The molecule has 0 aromatic carbocycles. The second kappa shape index (κ2) is 3.13. The van der Waals surface area contributed by atoms with Gasteiger partial charge in [-0.25, -0.2) is 4.98 Å². The summed E-state index contributed by atoms with van der Waals surface area (Å²) >= 11 is 11.6. The first-order valence-corrected chi connectivity index (χ1v) is 4.52. The quantitative estimate of drug-likeness (QED) is 0.627. The van der Waals surface area contributed by atoms with Crippen molar-refractivity contribution in [2.24, 2.45) is 0 Å². The second-order valence-corrected chi connectivity index (χ2v) is 3.50. The Labute approximate surface area is 85.5 Å². The van der Waals surface area contributed by atoms with Crippen molar-refractivity contribution in [1.29, 1.82) is 0 Å². The molecule has 0 aliphatic rings. The van der Waals surface area contributed by atoms with Crippen LogP contribution in [0, 0.1) is 6.92 Å². The molecule has 0 aliphatic carbocycles. The third-order valence-corrected chi connectivity index (χ3v) is 2.23. The summed E-state index contributed by atoms with van der Waals surface area (Å²) in [5.41, 5.74) is 1.72. The molecule has 0 fully saturated rings. The van der Waals surface area contributed by atoms with E-state index in [1.807, 2.05) is 19.1 Å². The third-order valence-electron chi connectivity index (χ3n) is 1.75. The van der Waals surface area contributed by atoms with Crippen molar-refractivity contribution in [3.63, 3.8) is 0 Å². The highest BCUT2D eigenvalue weighted by molar-refractivity contribution is 6.36. The molecule has 2 rings (SSSR count). The van der Waals surface area contributed by atoms with Gasteiger partial charge in [0.2, 0.25) is 0 Å². The molecular formula is C9H6Cl2N2. The molecule has 0 atom stereocenters. The van der Waals surface area contributed by atoms with Gasteiger partial charge in [0, 0.05) is 17.1 Å². The molecule has 0 amide bonds. The fraction of sp³-hybridized carbons (Fsp3) is 0.111. The lowest BCUT2D eigenvalue weighted by Gasteiger charge is -2.00. The van der Waals surface area contributed by atoms with Crippen LogP contribution >= 0.6 is 23.2 Å². The predicted octanol–water partition coefficient (Wildman–Crippen LogP) is 3.25. The van der Waals surface area contributed by atoms with Gasteiger partial charge < -0.3 is 0 Å². The molecule has 13 heavy (non-hydrogen) atoms. The van der Waals surface area contributed by atoms with Crippen LogP contribution in [0.25, 0.3) is 10.9 Å². The van der Waals surface area contributed by atoms with Crippen molar-refractivity contribution < 1.29 is 0 Å². The number of hydrogen-bond acceptors (Lipinski definition) is 2. The zero-order valence-corrected chi connectivity index (χ0v) is 8.39. The Balaban J connectivity index is 2.86.